The maximum Gasteiger partial charge on any atom is 0.490 e. The third-order valence-electron chi connectivity index (χ3n) is 9.44. The number of carbonyl (C=O) groups is 1. The Morgan fingerprint density at radius 1 is 1.10 bits per heavy atom. The Kier molecular flexibility index (Phi) is 15.4. The molecule has 3 unspecified atom stereocenters. The molecule has 1 fully saturated rings. The number of aromatic nitrogens is 2. The number of nitrogens with zero attached hydrogens (tertiary/aromatic N) is 5. The van der Waals surface area contributed by atoms with Crippen LogP contribution in [0.2, 0.25) is 0 Å². The Bertz CT molecular complexity index is 2570. The third-order valence-corrected chi connectivity index (χ3v) is 13.2. The Balaban J connectivity index is 1.15. The number of hydrogen-bond donors (Lipinski definition) is 7. The van der Waals surface area contributed by atoms with E-state index in [9.17, 15) is 53.1 Å². The van der Waals surface area contributed by atoms with Crippen LogP contribution in [0.3, 0.4) is 0 Å². The highest BCUT2D eigenvalue weighted by Crippen LogP contribution is 2.66. The van der Waals surface area contributed by atoms with Gasteiger partial charge < -0.3 is 44.4 Å². The number of non-ortho nitro benzene ring substituents is 1. The zero-order valence-corrected chi connectivity index (χ0v) is 36.6. The van der Waals surface area contributed by atoms with E-state index in [1.165, 1.54) is 43.5 Å². The lowest BCUT2D eigenvalue weighted by atomic mass is 9.88. The summed E-state index contributed by atoms with van der Waals surface area (Å²) < 4.78 is 58.4. The number of aliphatic hydroxyl groups excluding tert-OH is 1. The highest BCUT2D eigenvalue weighted by Gasteiger charge is 2.43. The number of nitro groups is 1. The SMILES string of the molecule is COc1cc2c(cc1N=Nc1ccc([N+](=O)[O-])cc1)C(C)=CC(C)(C)N2CCCC(=O)NC/C=C/c1cn([C@H]2CC(O)[C@@H](COP(=O)(O)OP(=O)(O)OP(=O)(O)O)O2)c(=O)[nH]c1=O. The fraction of sp³-hybridized carbons (Fsp3) is 0.400. The zero-order valence-electron chi connectivity index (χ0n) is 33.9. The summed E-state index contributed by atoms with van der Waals surface area (Å²) in [5.41, 5.74) is 1.31. The number of H-pyrrole nitrogens is 1. The Hall–Kier alpha value is -5.00. The van der Waals surface area contributed by atoms with E-state index in [0.29, 0.717) is 30.1 Å². The average molecular weight is 944 g/mol. The first kappa shape index (κ1) is 49.0. The number of phosphoric ester groups is 1. The molecule has 25 nitrogen and oxygen atoms in total. The van der Waals surface area contributed by atoms with Crippen LogP contribution in [-0.4, -0.2) is 89.6 Å². The van der Waals surface area contributed by atoms with Crippen LogP contribution in [0.15, 0.2) is 74.6 Å². The standard InChI is InChI=1S/C35H44N7O18P3/c1-21-18-35(2,3)41(27-16-29(56-4)26(15-25(21)27)39-38-23-9-11-24(12-10-23)42(47)48)14-6-8-31(44)36-13-5-7-22-19-40(34(46)37-33(22)45)32-17-28(43)30(58-32)20-57-62(52,53)60-63(54,55)59-61(49,50)51/h5,7,9-12,15-16,18-19,28,30,32,43H,6,8,13-14,17,20H2,1-4H3,(H,36,44)(H,52,53)(H,54,55)(H,37,45,46)(H2,49,50,51)/b7-5+,39-38?/t28?,30-,32-/m1/s1. The number of hydrogen-bond acceptors (Lipinski definition) is 17. The van der Waals surface area contributed by atoms with Crippen molar-refractivity contribution in [1.82, 2.24) is 14.9 Å². The highest BCUT2D eigenvalue weighted by molar-refractivity contribution is 7.66. The van der Waals surface area contributed by atoms with E-state index < -0.39 is 70.2 Å². The van der Waals surface area contributed by atoms with Gasteiger partial charge in [-0.1, -0.05) is 18.2 Å². The summed E-state index contributed by atoms with van der Waals surface area (Å²) in [4.78, 5) is 89.2. The van der Waals surface area contributed by atoms with Gasteiger partial charge in [-0.05, 0) is 51.0 Å². The Morgan fingerprint density at radius 3 is 2.44 bits per heavy atom. The molecule has 2 aliphatic rings. The number of allylic oxidation sites excluding steroid dienone is 1. The molecule has 63 heavy (non-hydrogen) atoms. The van der Waals surface area contributed by atoms with E-state index >= 15 is 0 Å². The molecule has 0 radical (unpaired) electrons. The molecule has 3 heterocycles. The second-order valence-corrected chi connectivity index (χ2v) is 18.9. The summed E-state index contributed by atoms with van der Waals surface area (Å²) >= 11 is 0. The van der Waals surface area contributed by atoms with Gasteiger partial charge in [-0.25, -0.2) is 18.5 Å². The molecule has 2 aromatic carbocycles. The largest absolute Gasteiger partial charge is 0.494 e. The number of ether oxygens (including phenoxy) is 2. The number of azo groups is 1. The van der Waals surface area contributed by atoms with Gasteiger partial charge in [-0.2, -0.15) is 13.7 Å². The molecule has 5 rings (SSSR count). The molecule has 1 amide bonds. The van der Waals surface area contributed by atoms with Crippen LogP contribution in [0.25, 0.3) is 11.6 Å². The average Bonchev–Trinajstić information content (AvgIpc) is 3.54. The molecule has 0 spiro atoms. The van der Waals surface area contributed by atoms with E-state index in [2.05, 4.69) is 44.7 Å². The molecule has 2 aliphatic heterocycles. The van der Waals surface area contributed by atoms with Crippen molar-refractivity contribution in [1.29, 1.82) is 0 Å². The van der Waals surface area contributed by atoms with E-state index in [4.69, 9.17) is 19.3 Å². The fourth-order valence-corrected chi connectivity index (χ4v) is 9.71. The lowest BCUT2D eigenvalue weighted by molar-refractivity contribution is -0.384. The molecular formula is C35H44N7O18P3. The first-order chi connectivity index (χ1) is 29.4. The summed E-state index contributed by atoms with van der Waals surface area (Å²) in [6.07, 6.45) is 2.21. The van der Waals surface area contributed by atoms with Gasteiger partial charge in [0.15, 0.2) is 0 Å². The quantitative estimate of drug-likeness (QED) is 0.0377. The van der Waals surface area contributed by atoms with E-state index in [-0.39, 0.29) is 36.5 Å². The molecule has 1 aromatic heterocycles. The fourth-order valence-electron chi connectivity index (χ4n) is 6.68. The number of nitro benzene ring substituents is 1. The smallest absolute Gasteiger partial charge is 0.490 e. The first-order valence-electron chi connectivity index (χ1n) is 18.6. The van der Waals surface area contributed by atoms with Crippen LogP contribution < -0.4 is 26.2 Å². The van der Waals surface area contributed by atoms with Crippen molar-refractivity contribution in [3.63, 3.8) is 0 Å². The Morgan fingerprint density at radius 2 is 1.79 bits per heavy atom. The highest BCUT2D eigenvalue weighted by atomic mass is 31.3. The topological polar surface area (TPSA) is 354 Å². The van der Waals surface area contributed by atoms with Gasteiger partial charge in [-0.15, -0.1) is 5.11 Å². The van der Waals surface area contributed by atoms with Crippen molar-refractivity contribution in [3.05, 3.63) is 96.8 Å². The van der Waals surface area contributed by atoms with E-state index in [1.807, 2.05) is 32.9 Å². The molecule has 0 saturated carbocycles. The van der Waals surface area contributed by atoms with E-state index in [0.717, 1.165) is 27.6 Å². The number of aromatic amines is 1. The van der Waals surface area contributed by atoms with Gasteiger partial charge in [-0.3, -0.25) is 33.8 Å². The van der Waals surface area contributed by atoms with Crippen molar-refractivity contribution in [2.24, 2.45) is 10.2 Å². The van der Waals surface area contributed by atoms with Gasteiger partial charge in [0.2, 0.25) is 5.91 Å². The zero-order chi connectivity index (χ0) is 46.5. The monoisotopic (exact) mass is 943 g/mol. The first-order valence-corrected chi connectivity index (χ1v) is 23.2. The molecule has 0 bridgehead atoms. The van der Waals surface area contributed by atoms with Crippen LogP contribution >= 0.6 is 23.5 Å². The lowest BCUT2D eigenvalue weighted by Gasteiger charge is -2.43. The van der Waals surface area contributed by atoms with Crippen molar-refractivity contribution in [2.45, 2.75) is 64.0 Å². The van der Waals surface area contributed by atoms with Gasteiger partial charge in [0.05, 0.1) is 41.5 Å². The van der Waals surface area contributed by atoms with Gasteiger partial charge >= 0.3 is 29.2 Å². The number of nitrogens with one attached hydrogen (secondary N) is 2. The van der Waals surface area contributed by atoms with Crippen LogP contribution in [0, 0.1) is 10.1 Å². The number of anilines is 1. The number of fused-ring (bicyclic) bond motifs is 1. The van der Waals surface area contributed by atoms with Crippen LogP contribution in [-0.2, 0) is 36.4 Å². The molecule has 3 aromatic rings. The minimum Gasteiger partial charge on any atom is -0.494 e. The number of benzene rings is 2. The van der Waals surface area contributed by atoms with Gasteiger partial charge in [0.1, 0.15) is 23.8 Å². The van der Waals surface area contributed by atoms with Crippen molar-refractivity contribution in [3.8, 4) is 5.75 Å². The number of aliphatic hydroxyl groups is 1. The maximum absolute atomic E-state index is 12.9. The van der Waals surface area contributed by atoms with Gasteiger partial charge in [0.25, 0.3) is 11.2 Å². The van der Waals surface area contributed by atoms with Gasteiger partial charge in [0, 0.05) is 61.6 Å². The number of phosphoric acid groups is 3. The predicted molar refractivity (Wildman–Crippen MR) is 222 cm³/mol. The molecule has 7 N–H and O–H groups in total. The number of carbonyl (C=O) groups excluding carboxylic acids is 1. The van der Waals surface area contributed by atoms with Crippen LogP contribution in [0.4, 0.5) is 22.7 Å². The second kappa shape index (κ2) is 19.8. The maximum atomic E-state index is 12.9. The van der Waals surface area contributed by atoms with Crippen molar-refractivity contribution >= 4 is 63.8 Å². The van der Waals surface area contributed by atoms with Crippen molar-refractivity contribution < 1.29 is 70.7 Å². The molecule has 342 valence electrons. The summed E-state index contributed by atoms with van der Waals surface area (Å²) in [7, 11) is -15.4. The van der Waals surface area contributed by atoms with Crippen molar-refractivity contribution in [2.75, 3.05) is 31.7 Å². The number of rotatable bonds is 19. The van der Waals surface area contributed by atoms with Crippen LogP contribution in [0.1, 0.15) is 57.4 Å². The Labute approximate surface area is 357 Å². The lowest BCUT2D eigenvalue weighted by Crippen LogP contribution is -2.45. The molecule has 5 atom stereocenters. The molecular weight excluding hydrogens is 899 g/mol. The molecule has 1 saturated heterocycles. The van der Waals surface area contributed by atoms with Crippen LogP contribution in [0.5, 0.6) is 5.75 Å². The molecule has 0 aliphatic carbocycles. The summed E-state index contributed by atoms with van der Waals surface area (Å²) in [5.74, 6) is 0.161. The number of methoxy groups -OCH3 is 1. The predicted octanol–water partition coefficient (Wildman–Crippen LogP) is 4.47. The minimum atomic E-state index is -5.78. The number of amides is 1. The third kappa shape index (κ3) is 13.3. The normalized spacial score (nSPS) is 20.6. The van der Waals surface area contributed by atoms with E-state index in [1.54, 1.807) is 0 Å². The summed E-state index contributed by atoms with van der Waals surface area (Å²) in [5, 5.41) is 32.8. The summed E-state index contributed by atoms with van der Waals surface area (Å²) in [6, 6.07) is 9.35. The minimum absolute atomic E-state index is 0.00703. The molecule has 28 heteroatoms. The second-order valence-electron chi connectivity index (χ2n) is 14.5. The summed E-state index contributed by atoms with van der Waals surface area (Å²) in [6.45, 7) is 5.58.